The number of hydrogen-bond donors (Lipinski definition) is 0. The summed E-state index contributed by atoms with van der Waals surface area (Å²) in [6.07, 6.45) is 6.70. The molecule has 1 aromatic carbocycles. The summed E-state index contributed by atoms with van der Waals surface area (Å²) >= 11 is 0. The SMILES string of the molecule is COc1ccc(Cc2ncc3n2CCCC3)cc1. The molecule has 0 saturated carbocycles. The van der Waals surface area contributed by atoms with Crippen LogP contribution in [-0.2, 0) is 19.4 Å². The van der Waals surface area contributed by atoms with Gasteiger partial charge in [-0.05, 0) is 37.0 Å². The van der Waals surface area contributed by atoms with Crippen LogP contribution in [0.4, 0.5) is 0 Å². The van der Waals surface area contributed by atoms with Crippen molar-refractivity contribution in [1.29, 1.82) is 0 Å². The molecule has 3 heteroatoms. The maximum absolute atomic E-state index is 5.17. The predicted octanol–water partition coefficient (Wildman–Crippen LogP) is 2.82. The molecule has 1 aliphatic rings. The molecule has 0 N–H and O–H groups in total. The molecule has 0 fully saturated rings. The minimum Gasteiger partial charge on any atom is -0.497 e. The van der Waals surface area contributed by atoms with Crippen molar-refractivity contribution < 1.29 is 4.74 Å². The summed E-state index contributed by atoms with van der Waals surface area (Å²) < 4.78 is 7.56. The van der Waals surface area contributed by atoms with Gasteiger partial charge in [0, 0.05) is 24.9 Å². The minimum absolute atomic E-state index is 0.906. The lowest BCUT2D eigenvalue weighted by atomic mass is 10.1. The molecule has 3 nitrogen and oxygen atoms in total. The van der Waals surface area contributed by atoms with E-state index in [1.165, 1.54) is 36.3 Å². The van der Waals surface area contributed by atoms with E-state index in [9.17, 15) is 0 Å². The van der Waals surface area contributed by atoms with Crippen LogP contribution < -0.4 is 4.74 Å². The molecular formula is C15H18N2O. The number of fused-ring (bicyclic) bond motifs is 1. The Labute approximate surface area is 107 Å². The first kappa shape index (κ1) is 11.3. The number of imidazole rings is 1. The van der Waals surface area contributed by atoms with E-state index >= 15 is 0 Å². The van der Waals surface area contributed by atoms with E-state index in [4.69, 9.17) is 4.74 Å². The molecule has 2 heterocycles. The number of nitrogens with zero attached hydrogens (tertiary/aromatic N) is 2. The number of ether oxygens (including phenoxy) is 1. The second kappa shape index (κ2) is 4.84. The van der Waals surface area contributed by atoms with Gasteiger partial charge in [-0.2, -0.15) is 0 Å². The molecule has 18 heavy (non-hydrogen) atoms. The van der Waals surface area contributed by atoms with E-state index in [-0.39, 0.29) is 0 Å². The molecule has 0 atom stereocenters. The quantitative estimate of drug-likeness (QED) is 0.827. The summed E-state index contributed by atoms with van der Waals surface area (Å²) in [5.41, 5.74) is 2.68. The van der Waals surface area contributed by atoms with Gasteiger partial charge in [-0.3, -0.25) is 0 Å². The third kappa shape index (κ3) is 2.13. The molecule has 0 spiro atoms. The van der Waals surface area contributed by atoms with Crippen LogP contribution in [0.5, 0.6) is 5.75 Å². The van der Waals surface area contributed by atoms with Crippen LogP contribution in [0.1, 0.15) is 29.9 Å². The normalized spacial score (nSPS) is 14.3. The van der Waals surface area contributed by atoms with Gasteiger partial charge in [-0.25, -0.2) is 4.98 Å². The lowest BCUT2D eigenvalue weighted by Crippen LogP contribution is -2.12. The van der Waals surface area contributed by atoms with Crippen LogP contribution >= 0.6 is 0 Å². The predicted molar refractivity (Wildman–Crippen MR) is 71.0 cm³/mol. The number of methoxy groups -OCH3 is 1. The van der Waals surface area contributed by atoms with E-state index in [2.05, 4.69) is 21.7 Å². The zero-order valence-electron chi connectivity index (χ0n) is 10.7. The van der Waals surface area contributed by atoms with Crippen molar-refractivity contribution in [3.05, 3.63) is 47.5 Å². The van der Waals surface area contributed by atoms with Crippen LogP contribution in [0, 0.1) is 0 Å². The van der Waals surface area contributed by atoms with Gasteiger partial charge in [0.05, 0.1) is 7.11 Å². The fraction of sp³-hybridized carbons (Fsp3) is 0.400. The number of aryl methyl sites for hydroxylation is 1. The van der Waals surface area contributed by atoms with Crippen molar-refractivity contribution in [3.8, 4) is 5.75 Å². The first-order valence-electron chi connectivity index (χ1n) is 6.53. The molecule has 0 bridgehead atoms. The number of rotatable bonds is 3. The molecule has 94 valence electrons. The lowest BCUT2D eigenvalue weighted by Gasteiger charge is -2.16. The fourth-order valence-corrected chi connectivity index (χ4v) is 2.57. The summed E-state index contributed by atoms with van der Waals surface area (Å²) in [6.45, 7) is 1.13. The number of aromatic nitrogens is 2. The van der Waals surface area contributed by atoms with Crippen LogP contribution in [0.2, 0.25) is 0 Å². The molecule has 1 aromatic heterocycles. The van der Waals surface area contributed by atoms with E-state index in [1.807, 2.05) is 18.3 Å². The van der Waals surface area contributed by atoms with Crippen molar-refractivity contribution in [3.63, 3.8) is 0 Å². The molecule has 0 aliphatic carbocycles. The Balaban J connectivity index is 1.81. The van der Waals surface area contributed by atoms with E-state index in [0.29, 0.717) is 0 Å². The van der Waals surface area contributed by atoms with Crippen molar-refractivity contribution in [2.24, 2.45) is 0 Å². The van der Waals surface area contributed by atoms with Crippen molar-refractivity contribution in [2.75, 3.05) is 7.11 Å². The Morgan fingerprint density at radius 2 is 2.06 bits per heavy atom. The maximum Gasteiger partial charge on any atom is 0.118 e. The Bertz CT molecular complexity index is 528. The van der Waals surface area contributed by atoms with Gasteiger partial charge in [-0.1, -0.05) is 12.1 Å². The topological polar surface area (TPSA) is 27.1 Å². The smallest absolute Gasteiger partial charge is 0.118 e. The van der Waals surface area contributed by atoms with Crippen LogP contribution in [0.3, 0.4) is 0 Å². The Morgan fingerprint density at radius 1 is 1.22 bits per heavy atom. The van der Waals surface area contributed by atoms with Gasteiger partial charge in [-0.15, -0.1) is 0 Å². The maximum atomic E-state index is 5.17. The minimum atomic E-state index is 0.906. The van der Waals surface area contributed by atoms with Crippen LogP contribution in [0.25, 0.3) is 0 Å². The van der Waals surface area contributed by atoms with Gasteiger partial charge in [0.2, 0.25) is 0 Å². The van der Waals surface area contributed by atoms with Gasteiger partial charge in [0.1, 0.15) is 11.6 Å². The van der Waals surface area contributed by atoms with Crippen molar-refractivity contribution >= 4 is 0 Å². The largest absolute Gasteiger partial charge is 0.497 e. The monoisotopic (exact) mass is 242 g/mol. The highest BCUT2D eigenvalue weighted by Crippen LogP contribution is 2.19. The first-order chi connectivity index (χ1) is 8.86. The highest BCUT2D eigenvalue weighted by molar-refractivity contribution is 5.29. The Kier molecular flexibility index (Phi) is 3.05. The third-order valence-corrected chi connectivity index (χ3v) is 3.61. The standard InChI is InChI=1S/C15H18N2O/c1-18-14-7-5-12(6-8-14)10-15-16-11-13-4-2-3-9-17(13)15/h5-8,11H,2-4,9-10H2,1H3. The molecule has 1 aliphatic heterocycles. The first-order valence-corrected chi connectivity index (χ1v) is 6.53. The summed E-state index contributed by atoms with van der Waals surface area (Å²) in [5, 5.41) is 0. The molecular weight excluding hydrogens is 224 g/mol. The Morgan fingerprint density at radius 3 is 2.83 bits per heavy atom. The highest BCUT2D eigenvalue weighted by atomic mass is 16.5. The van der Waals surface area contributed by atoms with Gasteiger partial charge < -0.3 is 9.30 Å². The average Bonchev–Trinajstić information content (AvgIpc) is 2.83. The van der Waals surface area contributed by atoms with E-state index in [1.54, 1.807) is 7.11 Å². The van der Waals surface area contributed by atoms with Crippen molar-refractivity contribution in [2.45, 2.75) is 32.2 Å². The molecule has 2 aromatic rings. The van der Waals surface area contributed by atoms with Crippen LogP contribution in [-0.4, -0.2) is 16.7 Å². The number of hydrogen-bond acceptors (Lipinski definition) is 2. The highest BCUT2D eigenvalue weighted by Gasteiger charge is 2.13. The van der Waals surface area contributed by atoms with Gasteiger partial charge in [0.15, 0.2) is 0 Å². The summed E-state index contributed by atoms with van der Waals surface area (Å²) in [4.78, 5) is 4.57. The zero-order valence-corrected chi connectivity index (χ0v) is 10.7. The molecule has 0 unspecified atom stereocenters. The lowest BCUT2D eigenvalue weighted by molar-refractivity contribution is 0.414. The summed E-state index contributed by atoms with van der Waals surface area (Å²) in [6, 6.07) is 8.25. The Hall–Kier alpha value is -1.77. The number of benzene rings is 1. The zero-order chi connectivity index (χ0) is 12.4. The van der Waals surface area contributed by atoms with E-state index in [0.717, 1.165) is 18.7 Å². The fourth-order valence-electron chi connectivity index (χ4n) is 2.57. The van der Waals surface area contributed by atoms with E-state index < -0.39 is 0 Å². The third-order valence-electron chi connectivity index (χ3n) is 3.61. The van der Waals surface area contributed by atoms with Gasteiger partial charge in [0.25, 0.3) is 0 Å². The summed E-state index contributed by atoms with van der Waals surface area (Å²) in [7, 11) is 1.69. The molecule has 3 rings (SSSR count). The van der Waals surface area contributed by atoms with Crippen molar-refractivity contribution in [1.82, 2.24) is 9.55 Å². The van der Waals surface area contributed by atoms with Crippen LogP contribution in [0.15, 0.2) is 30.5 Å². The molecule has 0 radical (unpaired) electrons. The average molecular weight is 242 g/mol. The molecule has 0 saturated heterocycles. The second-order valence-electron chi connectivity index (χ2n) is 4.80. The second-order valence-corrected chi connectivity index (χ2v) is 4.80. The molecule has 0 amide bonds. The van der Waals surface area contributed by atoms with Gasteiger partial charge >= 0.3 is 0 Å². The summed E-state index contributed by atoms with van der Waals surface area (Å²) in [5.74, 6) is 2.10.